The number of rotatable bonds is 7. The lowest BCUT2D eigenvalue weighted by molar-refractivity contribution is -0.137. The molecule has 1 atom stereocenters. The molecule has 0 radical (unpaired) electrons. The molecule has 5 nitrogen and oxygen atoms in total. The zero-order chi connectivity index (χ0) is 27.8. The van der Waals surface area contributed by atoms with Crippen molar-refractivity contribution < 1.29 is 26.6 Å². The van der Waals surface area contributed by atoms with Crippen LogP contribution in [-0.4, -0.2) is 26.2 Å². The van der Waals surface area contributed by atoms with Crippen LogP contribution in [0.5, 0.6) is 0 Å². The highest BCUT2D eigenvalue weighted by Gasteiger charge is 2.31. The van der Waals surface area contributed by atoms with Crippen molar-refractivity contribution in [3.63, 3.8) is 0 Å². The van der Waals surface area contributed by atoms with Crippen LogP contribution in [0.25, 0.3) is 17.3 Å². The molecule has 0 aliphatic heterocycles. The molecule has 0 bridgehead atoms. The number of halogens is 4. The zero-order valence-electron chi connectivity index (χ0n) is 21.0. The van der Waals surface area contributed by atoms with Gasteiger partial charge in [-0.05, 0) is 61.0 Å². The van der Waals surface area contributed by atoms with Crippen LogP contribution in [0.15, 0.2) is 66.2 Å². The Bertz CT molecular complexity index is 1300. The van der Waals surface area contributed by atoms with E-state index in [9.17, 15) is 26.6 Å². The van der Waals surface area contributed by atoms with Crippen LogP contribution in [0.1, 0.15) is 49.6 Å². The van der Waals surface area contributed by atoms with E-state index in [0.29, 0.717) is 16.9 Å². The molecule has 0 aliphatic carbocycles. The number of allylic oxidation sites excluding steroid dienone is 1. The number of nitrogens with one attached hydrogen (secondary N) is 1. The molecule has 1 aromatic heterocycles. The molecular weight excluding hydrogens is 506 g/mol. The molecule has 1 unspecified atom stereocenters. The third-order valence-electron chi connectivity index (χ3n) is 4.97. The minimum absolute atomic E-state index is 0.0137. The molecule has 198 valence electrons. The molecule has 3 aromatic rings. The van der Waals surface area contributed by atoms with Gasteiger partial charge in [0.2, 0.25) is 0 Å². The molecular formula is C27H29F4N3O2S. The maximum atomic E-state index is 13.3. The molecule has 0 saturated heterocycles. The molecule has 1 N–H and O–H groups in total. The number of aromatic nitrogens is 2. The molecule has 0 fully saturated rings. The number of nitrogens with zero attached hydrogens (tertiary/aromatic N) is 2. The third-order valence-corrected chi connectivity index (χ3v) is 5.87. The summed E-state index contributed by atoms with van der Waals surface area (Å²) in [6.45, 7) is 9.45. The molecule has 10 heteroatoms. The van der Waals surface area contributed by atoms with E-state index >= 15 is 0 Å². The van der Waals surface area contributed by atoms with E-state index in [1.54, 1.807) is 13.0 Å². The zero-order valence-corrected chi connectivity index (χ0v) is 21.8. The summed E-state index contributed by atoms with van der Waals surface area (Å²) in [4.78, 5) is 12.9. The predicted molar refractivity (Wildman–Crippen MR) is 139 cm³/mol. The van der Waals surface area contributed by atoms with Crippen LogP contribution >= 0.6 is 0 Å². The number of carbonyl (C=O) groups excluding carboxylic acids is 1. The van der Waals surface area contributed by atoms with Crippen molar-refractivity contribution in [3.05, 3.63) is 89.5 Å². The Balaban J connectivity index is 0.00000153. The minimum atomic E-state index is -4.61. The van der Waals surface area contributed by atoms with E-state index in [-0.39, 0.29) is 22.6 Å². The molecule has 0 saturated carbocycles. The third kappa shape index (κ3) is 7.72. The van der Waals surface area contributed by atoms with Gasteiger partial charge in [-0.1, -0.05) is 32.9 Å². The fraction of sp³-hybridized carbons (Fsp3) is 0.259. The Morgan fingerprint density at radius 3 is 2.30 bits per heavy atom. The summed E-state index contributed by atoms with van der Waals surface area (Å²) in [5, 5.41) is 6.88. The van der Waals surface area contributed by atoms with Gasteiger partial charge in [0.05, 0.1) is 23.1 Å². The van der Waals surface area contributed by atoms with Crippen molar-refractivity contribution in [1.82, 2.24) is 15.1 Å². The lowest BCUT2D eigenvalue weighted by Crippen LogP contribution is -2.24. The number of benzene rings is 2. The number of hydrogen-bond acceptors (Lipinski definition) is 3. The predicted octanol–water partition coefficient (Wildman–Crippen LogP) is 6.55. The fourth-order valence-corrected chi connectivity index (χ4v) is 3.94. The van der Waals surface area contributed by atoms with Gasteiger partial charge >= 0.3 is 6.18 Å². The second-order valence-corrected chi connectivity index (χ2v) is 9.33. The van der Waals surface area contributed by atoms with Crippen LogP contribution in [-0.2, 0) is 28.3 Å². The van der Waals surface area contributed by atoms with E-state index in [1.165, 1.54) is 60.0 Å². The Labute approximate surface area is 216 Å². The minimum Gasteiger partial charge on any atom is -0.348 e. The van der Waals surface area contributed by atoms with Crippen molar-refractivity contribution in [1.29, 1.82) is 0 Å². The first kappa shape index (κ1) is 29.7. The fourth-order valence-electron chi connectivity index (χ4n) is 3.33. The van der Waals surface area contributed by atoms with Crippen LogP contribution in [0.3, 0.4) is 0 Å². The van der Waals surface area contributed by atoms with Gasteiger partial charge in [-0.2, -0.15) is 18.3 Å². The Kier molecular flexibility index (Phi) is 10.5. The normalized spacial score (nSPS) is 12.4. The first-order chi connectivity index (χ1) is 17.5. The van der Waals surface area contributed by atoms with E-state index in [2.05, 4.69) is 30.8 Å². The van der Waals surface area contributed by atoms with Crippen LogP contribution in [0, 0.1) is 5.82 Å². The molecule has 1 heterocycles. The van der Waals surface area contributed by atoms with Crippen molar-refractivity contribution in [2.75, 3.05) is 6.26 Å². The molecule has 0 aliphatic rings. The standard InChI is InChI=1S/C24H21F4N3O2S.C3H8/c1-4-20(21-14-30-31(22(21)5-2)18-8-6-17(25)7-9-18)23(32)29-13-15-10-16(24(26,27)28)12-19(11-15)34(3)33;1-3-2/h4-12,14H,2,13H2,1,3H3,(H,29,32);3H2,1-2H3/b20-4+;. The van der Waals surface area contributed by atoms with Crippen LogP contribution < -0.4 is 5.32 Å². The summed E-state index contributed by atoms with van der Waals surface area (Å²) in [6, 6.07) is 8.71. The van der Waals surface area contributed by atoms with E-state index in [0.717, 1.165) is 12.1 Å². The van der Waals surface area contributed by atoms with Gasteiger partial charge < -0.3 is 5.32 Å². The number of alkyl halides is 3. The highest BCUT2D eigenvalue weighted by molar-refractivity contribution is 7.84. The summed E-state index contributed by atoms with van der Waals surface area (Å²) in [5.74, 6) is -0.949. The highest BCUT2D eigenvalue weighted by atomic mass is 32.2. The quantitative estimate of drug-likeness (QED) is 0.276. The number of amides is 1. The van der Waals surface area contributed by atoms with Crippen LogP contribution in [0.4, 0.5) is 17.6 Å². The van der Waals surface area contributed by atoms with Gasteiger partial charge in [-0.15, -0.1) is 0 Å². The SMILES string of the molecule is C=Cc1c(/C(=C\C)C(=O)NCc2cc(S(C)=O)cc(C(F)(F)F)c2)cnn1-c1ccc(F)cc1.CCC. The summed E-state index contributed by atoms with van der Waals surface area (Å²) in [6.07, 6.45) is 2.42. The topological polar surface area (TPSA) is 64.0 Å². The van der Waals surface area contributed by atoms with E-state index in [4.69, 9.17) is 0 Å². The van der Waals surface area contributed by atoms with Crippen molar-refractivity contribution >= 4 is 28.4 Å². The van der Waals surface area contributed by atoms with Gasteiger partial charge in [0, 0.05) is 39.6 Å². The number of carbonyl (C=O) groups is 1. The largest absolute Gasteiger partial charge is 0.416 e. The monoisotopic (exact) mass is 535 g/mol. The maximum Gasteiger partial charge on any atom is 0.416 e. The smallest absolute Gasteiger partial charge is 0.348 e. The average molecular weight is 536 g/mol. The molecule has 1 amide bonds. The second kappa shape index (κ2) is 13.1. The molecule has 3 rings (SSSR count). The summed E-state index contributed by atoms with van der Waals surface area (Å²) < 4.78 is 66.2. The Morgan fingerprint density at radius 2 is 1.78 bits per heavy atom. The summed E-state index contributed by atoms with van der Waals surface area (Å²) in [5.41, 5.74) is 0.938. The highest BCUT2D eigenvalue weighted by Crippen LogP contribution is 2.31. The van der Waals surface area contributed by atoms with Gasteiger partial charge in [-0.25, -0.2) is 9.07 Å². The van der Waals surface area contributed by atoms with Gasteiger partial charge in [0.25, 0.3) is 5.91 Å². The first-order valence-electron chi connectivity index (χ1n) is 11.4. The summed E-state index contributed by atoms with van der Waals surface area (Å²) >= 11 is 0. The lowest BCUT2D eigenvalue weighted by atomic mass is 10.0. The lowest BCUT2D eigenvalue weighted by Gasteiger charge is -2.13. The number of hydrogen-bond donors (Lipinski definition) is 1. The van der Waals surface area contributed by atoms with E-state index in [1.807, 2.05) is 0 Å². The average Bonchev–Trinajstić information content (AvgIpc) is 3.27. The Hall–Kier alpha value is -3.53. The maximum absolute atomic E-state index is 13.3. The van der Waals surface area contributed by atoms with Gasteiger partial charge in [0.15, 0.2) is 0 Å². The van der Waals surface area contributed by atoms with Gasteiger partial charge in [-0.3, -0.25) is 9.00 Å². The molecule has 0 spiro atoms. The van der Waals surface area contributed by atoms with Crippen molar-refractivity contribution in [2.45, 2.75) is 44.8 Å². The van der Waals surface area contributed by atoms with Crippen LogP contribution in [0.2, 0.25) is 0 Å². The summed E-state index contributed by atoms with van der Waals surface area (Å²) in [7, 11) is -1.63. The van der Waals surface area contributed by atoms with Gasteiger partial charge in [0.1, 0.15) is 5.82 Å². The van der Waals surface area contributed by atoms with E-state index < -0.39 is 34.3 Å². The van der Waals surface area contributed by atoms with Crippen molar-refractivity contribution in [3.8, 4) is 5.69 Å². The second-order valence-electron chi connectivity index (χ2n) is 7.95. The Morgan fingerprint density at radius 1 is 1.16 bits per heavy atom. The molecule has 2 aromatic carbocycles. The molecule has 37 heavy (non-hydrogen) atoms. The van der Waals surface area contributed by atoms with Crippen molar-refractivity contribution in [2.24, 2.45) is 0 Å². The first-order valence-corrected chi connectivity index (χ1v) is 13.0.